The molecule has 0 saturated carbocycles. The van der Waals surface area contributed by atoms with Crippen molar-refractivity contribution in [2.75, 3.05) is 44.2 Å². The van der Waals surface area contributed by atoms with E-state index in [4.69, 9.17) is 14.7 Å². The van der Waals surface area contributed by atoms with Crippen LogP contribution in [0, 0.1) is 0 Å². The molecule has 0 spiro atoms. The van der Waals surface area contributed by atoms with Crippen LogP contribution in [-0.2, 0) is 14.9 Å². The van der Waals surface area contributed by atoms with Gasteiger partial charge in [0.05, 0.1) is 23.4 Å². The fourth-order valence-electron chi connectivity index (χ4n) is 4.62. The SMILES string of the molecule is C[C@@H]1CN(S(=O)(=O)N2CCN(c3nc(-c4ccccc4)c4ccccc4n3)CC2)C[C@H](C)O1. The monoisotopic (exact) mass is 467 g/mol. The summed E-state index contributed by atoms with van der Waals surface area (Å²) in [5.41, 5.74) is 2.81. The zero-order chi connectivity index (χ0) is 23.0. The minimum Gasteiger partial charge on any atom is -0.373 e. The maximum atomic E-state index is 13.2. The van der Waals surface area contributed by atoms with E-state index in [0.29, 0.717) is 45.2 Å². The summed E-state index contributed by atoms with van der Waals surface area (Å²) in [7, 11) is -3.52. The summed E-state index contributed by atoms with van der Waals surface area (Å²) in [6, 6.07) is 18.1. The summed E-state index contributed by atoms with van der Waals surface area (Å²) >= 11 is 0. The van der Waals surface area contributed by atoms with Gasteiger partial charge in [-0.05, 0) is 19.9 Å². The molecule has 3 heterocycles. The van der Waals surface area contributed by atoms with Crippen LogP contribution in [0.1, 0.15) is 13.8 Å². The molecule has 33 heavy (non-hydrogen) atoms. The average Bonchev–Trinajstić information content (AvgIpc) is 2.83. The molecule has 2 aliphatic rings. The topological polar surface area (TPSA) is 78.9 Å². The van der Waals surface area contributed by atoms with Crippen molar-refractivity contribution in [2.24, 2.45) is 0 Å². The molecule has 2 saturated heterocycles. The molecule has 174 valence electrons. The van der Waals surface area contributed by atoms with Gasteiger partial charge in [0.1, 0.15) is 0 Å². The van der Waals surface area contributed by atoms with Gasteiger partial charge < -0.3 is 9.64 Å². The predicted molar refractivity (Wildman–Crippen MR) is 129 cm³/mol. The lowest BCUT2D eigenvalue weighted by molar-refractivity contribution is -0.0455. The van der Waals surface area contributed by atoms with Gasteiger partial charge in [0, 0.05) is 50.2 Å². The minimum atomic E-state index is -3.52. The van der Waals surface area contributed by atoms with Gasteiger partial charge in [0.15, 0.2) is 0 Å². The number of morpholine rings is 1. The molecule has 1 aromatic heterocycles. The summed E-state index contributed by atoms with van der Waals surface area (Å²) < 4.78 is 35.3. The maximum Gasteiger partial charge on any atom is 0.282 e. The third-order valence-electron chi connectivity index (χ3n) is 6.20. The molecule has 2 aromatic carbocycles. The van der Waals surface area contributed by atoms with Crippen LogP contribution in [0.25, 0.3) is 22.2 Å². The second-order valence-corrected chi connectivity index (χ2v) is 10.7. The summed E-state index contributed by atoms with van der Waals surface area (Å²) in [6.07, 6.45) is -0.209. The lowest BCUT2D eigenvalue weighted by atomic mass is 10.1. The summed E-state index contributed by atoms with van der Waals surface area (Å²) in [6.45, 7) is 6.50. The Kier molecular flexibility index (Phi) is 6.05. The van der Waals surface area contributed by atoms with Gasteiger partial charge in [-0.25, -0.2) is 9.97 Å². The van der Waals surface area contributed by atoms with Crippen molar-refractivity contribution < 1.29 is 13.2 Å². The summed E-state index contributed by atoms with van der Waals surface area (Å²) in [5.74, 6) is 0.637. The van der Waals surface area contributed by atoms with Crippen molar-refractivity contribution in [3.8, 4) is 11.3 Å². The van der Waals surface area contributed by atoms with E-state index >= 15 is 0 Å². The highest BCUT2D eigenvalue weighted by molar-refractivity contribution is 7.86. The first-order valence-corrected chi connectivity index (χ1v) is 12.8. The predicted octanol–water partition coefficient (Wildman–Crippen LogP) is 2.77. The zero-order valence-corrected chi connectivity index (χ0v) is 19.8. The highest BCUT2D eigenvalue weighted by Gasteiger charge is 2.37. The molecule has 2 fully saturated rings. The molecule has 5 rings (SSSR count). The Hall–Kier alpha value is -2.59. The number of benzene rings is 2. The third-order valence-corrected chi connectivity index (χ3v) is 8.17. The zero-order valence-electron chi connectivity index (χ0n) is 19.0. The van der Waals surface area contributed by atoms with Gasteiger partial charge in [0.2, 0.25) is 5.95 Å². The van der Waals surface area contributed by atoms with E-state index in [9.17, 15) is 8.42 Å². The van der Waals surface area contributed by atoms with Gasteiger partial charge >= 0.3 is 0 Å². The Morgan fingerprint density at radius 1 is 0.818 bits per heavy atom. The molecule has 0 N–H and O–H groups in total. The van der Waals surface area contributed by atoms with Crippen LogP contribution in [-0.4, -0.2) is 78.5 Å². The van der Waals surface area contributed by atoms with E-state index in [-0.39, 0.29) is 12.2 Å². The summed E-state index contributed by atoms with van der Waals surface area (Å²) in [5, 5.41) is 1.00. The van der Waals surface area contributed by atoms with Gasteiger partial charge in [-0.15, -0.1) is 0 Å². The second kappa shape index (κ2) is 8.98. The highest BCUT2D eigenvalue weighted by Crippen LogP contribution is 2.29. The number of anilines is 1. The third kappa shape index (κ3) is 4.46. The van der Waals surface area contributed by atoms with E-state index in [2.05, 4.69) is 4.90 Å². The molecule has 2 atom stereocenters. The van der Waals surface area contributed by atoms with Crippen molar-refractivity contribution in [1.29, 1.82) is 0 Å². The van der Waals surface area contributed by atoms with Crippen LogP contribution in [0.2, 0.25) is 0 Å². The maximum absolute atomic E-state index is 13.2. The van der Waals surface area contributed by atoms with E-state index < -0.39 is 10.2 Å². The van der Waals surface area contributed by atoms with Crippen LogP contribution in [0.5, 0.6) is 0 Å². The van der Waals surface area contributed by atoms with E-state index in [1.807, 2.05) is 68.4 Å². The molecule has 8 nitrogen and oxygen atoms in total. The Morgan fingerprint density at radius 2 is 1.45 bits per heavy atom. The van der Waals surface area contributed by atoms with Crippen LogP contribution in [0.4, 0.5) is 5.95 Å². The molecule has 9 heteroatoms. The normalized spacial score (nSPS) is 23.2. The van der Waals surface area contributed by atoms with E-state index in [0.717, 1.165) is 22.2 Å². The Bertz CT molecular complexity index is 1220. The van der Waals surface area contributed by atoms with Crippen molar-refractivity contribution in [3.05, 3.63) is 54.6 Å². The van der Waals surface area contributed by atoms with E-state index in [1.165, 1.54) is 0 Å². The molecule has 3 aromatic rings. The molecule has 0 aliphatic carbocycles. The number of aromatic nitrogens is 2. The number of piperazine rings is 1. The Labute approximate surface area is 195 Å². The van der Waals surface area contributed by atoms with Crippen LogP contribution < -0.4 is 4.90 Å². The molecule has 0 unspecified atom stereocenters. The Balaban J connectivity index is 1.38. The largest absolute Gasteiger partial charge is 0.373 e. The number of para-hydroxylation sites is 1. The van der Waals surface area contributed by atoms with Crippen LogP contribution in [0.3, 0.4) is 0 Å². The van der Waals surface area contributed by atoms with Gasteiger partial charge in [-0.2, -0.15) is 17.0 Å². The van der Waals surface area contributed by atoms with E-state index in [1.54, 1.807) is 8.61 Å². The van der Waals surface area contributed by atoms with Gasteiger partial charge in [-0.1, -0.05) is 48.5 Å². The molecule has 0 radical (unpaired) electrons. The lowest BCUT2D eigenvalue weighted by Crippen LogP contribution is -2.57. The number of hydrogen-bond donors (Lipinski definition) is 0. The quantitative estimate of drug-likeness (QED) is 0.587. The van der Waals surface area contributed by atoms with Crippen LogP contribution in [0.15, 0.2) is 54.6 Å². The van der Waals surface area contributed by atoms with Crippen molar-refractivity contribution in [1.82, 2.24) is 18.6 Å². The minimum absolute atomic E-state index is 0.104. The lowest BCUT2D eigenvalue weighted by Gasteiger charge is -2.40. The second-order valence-electron chi connectivity index (χ2n) is 8.72. The molecule has 0 bridgehead atoms. The first-order chi connectivity index (χ1) is 15.9. The average molecular weight is 468 g/mol. The van der Waals surface area contributed by atoms with Gasteiger partial charge in [-0.3, -0.25) is 0 Å². The standard InChI is InChI=1S/C24H29N5O3S/c1-18-16-29(17-19(2)32-18)33(30,31)28-14-12-27(13-15-28)24-25-22-11-7-6-10-21(22)23(26-24)20-8-4-3-5-9-20/h3-11,18-19H,12-17H2,1-2H3/t18-,19+. The number of rotatable bonds is 4. The Morgan fingerprint density at radius 3 is 2.15 bits per heavy atom. The fraction of sp³-hybridized carbons (Fsp3) is 0.417. The highest BCUT2D eigenvalue weighted by atomic mass is 32.2. The first-order valence-electron chi connectivity index (χ1n) is 11.4. The fourth-order valence-corrected chi connectivity index (χ4v) is 6.37. The molecule has 0 amide bonds. The number of ether oxygens (including phenoxy) is 1. The molecular formula is C24H29N5O3S. The smallest absolute Gasteiger partial charge is 0.282 e. The first kappa shape index (κ1) is 22.2. The molecule has 2 aliphatic heterocycles. The molecular weight excluding hydrogens is 438 g/mol. The van der Waals surface area contributed by atoms with Crippen LogP contribution >= 0.6 is 0 Å². The summed E-state index contributed by atoms with van der Waals surface area (Å²) in [4.78, 5) is 11.8. The number of hydrogen-bond acceptors (Lipinski definition) is 6. The number of fused-ring (bicyclic) bond motifs is 1. The number of nitrogens with zero attached hydrogens (tertiary/aromatic N) is 5. The van der Waals surface area contributed by atoms with Crippen molar-refractivity contribution in [2.45, 2.75) is 26.1 Å². The van der Waals surface area contributed by atoms with Gasteiger partial charge in [0.25, 0.3) is 10.2 Å². The van der Waals surface area contributed by atoms with Crippen molar-refractivity contribution in [3.63, 3.8) is 0 Å². The van der Waals surface area contributed by atoms with Crippen molar-refractivity contribution >= 4 is 27.1 Å².